The first-order valence-electron chi connectivity index (χ1n) is 11.1. The normalized spacial score (nSPS) is 15.3. The van der Waals surface area contributed by atoms with E-state index in [2.05, 4.69) is 39.5 Å². The van der Waals surface area contributed by atoms with Gasteiger partial charge in [-0.1, -0.05) is 42.5 Å². The fraction of sp³-hybridized carbons (Fsp3) is 0.400. The number of benzene rings is 2. The first-order valence-corrected chi connectivity index (χ1v) is 11.1. The van der Waals surface area contributed by atoms with Crippen molar-refractivity contribution >= 4 is 16.8 Å². The van der Waals surface area contributed by atoms with E-state index in [1.165, 1.54) is 18.4 Å². The van der Waals surface area contributed by atoms with Crippen LogP contribution >= 0.6 is 0 Å². The highest BCUT2D eigenvalue weighted by Gasteiger charge is 2.23. The molecule has 1 saturated heterocycles. The Kier molecular flexibility index (Phi) is 6.77. The van der Waals surface area contributed by atoms with Crippen molar-refractivity contribution in [2.75, 3.05) is 19.6 Å². The number of carbonyl (C=O) groups is 1. The van der Waals surface area contributed by atoms with E-state index < -0.39 is 0 Å². The van der Waals surface area contributed by atoms with Gasteiger partial charge in [0.05, 0.1) is 23.3 Å². The number of aryl methyl sites for hydroxylation is 2. The molecule has 2 heterocycles. The average molecular weight is 419 g/mol. The molecule has 2 aromatic carbocycles. The lowest BCUT2D eigenvalue weighted by Crippen LogP contribution is -2.36. The monoisotopic (exact) mass is 418 g/mol. The quantitative estimate of drug-likeness (QED) is 0.609. The SMILES string of the molecule is Cc1cccc2c(=O)n(CCCC(=O)NC[C@H](c3ccccc3)N3CCCC3)cnc12. The van der Waals surface area contributed by atoms with Gasteiger partial charge >= 0.3 is 0 Å². The first-order chi connectivity index (χ1) is 15.1. The van der Waals surface area contributed by atoms with E-state index in [-0.39, 0.29) is 17.5 Å². The summed E-state index contributed by atoms with van der Waals surface area (Å²) < 4.78 is 1.60. The molecule has 0 radical (unpaired) electrons. The average Bonchev–Trinajstić information content (AvgIpc) is 3.31. The Morgan fingerprint density at radius 3 is 2.65 bits per heavy atom. The van der Waals surface area contributed by atoms with Crippen LogP contribution in [0.5, 0.6) is 0 Å². The van der Waals surface area contributed by atoms with Crippen molar-refractivity contribution in [2.24, 2.45) is 0 Å². The van der Waals surface area contributed by atoms with E-state index in [1.807, 2.05) is 31.2 Å². The van der Waals surface area contributed by atoms with Crippen molar-refractivity contribution in [2.45, 2.75) is 45.2 Å². The largest absolute Gasteiger partial charge is 0.354 e. The van der Waals surface area contributed by atoms with Crippen molar-refractivity contribution in [3.63, 3.8) is 0 Å². The Balaban J connectivity index is 1.32. The van der Waals surface area contributed by atoms with Gasteiger partial charge in [0, 0.05) is 19.5 Å². The van der Waals surface area contributed by atoms with Gasteiger partial charge in [0.2, 0.25) is 5.91 Å². The Morgan fingerprint density at radius 1 is 1.10 bits per heavy atom. The van der Waals surface area contributed by atoms with Crippen molar-refractivity contribution < 1.29 is 4.79 Å². The summed E-state index contributed by atoms with van der Waals surface area (Å²) in [4.78, 5) is 32.1. The smallest absolute Gasteiger partial charge is 0.261 e. The third kappa shape index (κ3) is 5.02. The molecular weight excluding hydrogens is 388 g/mol. The molecule has 0 aliphatic carbocycles. The van der Waals surface area contributed by atoms with Gasteiger partial charge in [-0.25, -0.2) is 4.98 Å². The number of rotatable bonds is 8. The molecule has 0 spiro atoms. The summed E-state index contributed by atoms with van der Waals surface area (Å²) in [5.74, 6) is 0.0257. The van der Waals surface area contributed by atoms with Crippen LogP contribution < -0.4 is 10.9 Å². The second-order valence-corrected chi connectivity index (χ2v) is 8.29. The molecular formula is C25H30N4O2. The predicted octanol–water partition coefficient (Wildman–Crippen LogP) is 3.44. The molecule has 0 bridgehead atoms. The molecule has 1 fully saturated rings. The maximum absolute atomic E-state index is 12.7. The van der Waals surface area contributed by atoms with Crippen molar-refractivity contribution in [3.8, 4) is 0 Å². The van der Waals surface area contributed by atoms with Crippen LogP contribution in [0, 0.1) is 6.92 Å². The van der Waals surface area contributed by atoms with Crippen LogP contribution in [-0.2, 0) is 11.3 Å². The summed E-state index contributed by atoms with van der Waals surface area (Å²) in [6.45, 7) is 5.20. The molecule has 4 rings (SSSR count). The van der Waals surface area contributed by atoms with E-state index in [1.54, 1.807) is 10.9 Å². The van der Waals surface area contributed by atoms with Crippen LogP contribution in [0.4, 0.5) is 0 Å². The van der Waals surface area contributed by atoms with Crippen molar-refractivity contribution in [1.82, 2.24) is 19.8 Å². The number of nitrogens with one attached hydrogen (secondary N) is 1. The maximum Gasteiger partial charge on any atom is 0.261 e. The number of amides is 1. The second kappa shape index (κ2) is 9.88. The molecule has 1 amide bonds. The van der Waals surface area contributed by atoms with Gasteiger partial charge in [-0.15, -0.1) is 0 Å². The van der Waals surface area contributed by atoms with Gasteiger partial charge in [0.15, 0.2) is 0 Å². The predicted molar refractivity (Wildman–Crippen MR) is 123 cm³/mol. The molecule has 31 heavy (non-hydrogen) atoms. The third-order valence-corrected chi connectivity index (χ3v) is 6.12. The van der Waals surface area contributed by atoms with E-state index in [0.29, 0.717) is 31.3 Å². The minimum absolute atomic E-state index is 0.0257. The highest BCUT2D eigenvalue weighted by Crippen LogP contribution is 2.24. The molecule has 1 N–H and O–H groups in total. The molecule has 1 aromatic heterocycles. The number of aromatic nitrogens is 2. The van der Waals surface area contributed by atoms with Crippen LogP contribution in [0.3, 0.4) is 0 Å². The zero-order valence-electron chi connectivity index (χ0n) is 18.1. The fourth-order valence-corrected chi connectivity index (χ4v) is 4.39. The first kappa shape index (κ1) is 21.2. The molecule has 6 heteroatoms. The lowest BCUT2D eigenvalue weighted by molar-refractivity contribution is -0.121. The Labute approximate surface area is 182 Å². The van der Waals surface area contributed by atoms with Crippen LogP contribution in [0.15, 0.2) is 59.7 Å². The number of hydrogen-bond acceptors (Lipinski definition) is 4. The van der Waals surface area contributed by atoms with Crippen LogP contribution in [0.2, 0.25) is 0 Å². The molecule has 1 atom stereocenters. The number of carbonyl (C=O) groups excluding carboxylic acids is 1. The lowest BCUT2D eigenvalue weighted by Gasteiger charge is -2.28. The van der Waals surface area contributed by atoms with Gasteiger partial charge in [-0.05, 0) is 56.5 Å². The van der Waals surface area contributed by atoms with E-state index in [4.69, 9.17) is 0 Å². The summed E-state index contributed by atoms with van der Waals surface area (Å²) in [6.07, 6.45) is 5.01. The fourth-order valence-electron chi connectivity index (χ4n) is 4.39. The van der Waals surface area contributed by atoms with Gasteiger partial charge in [-0.2, -0.15) is 0 Å². The molecule has 0 saturated carbocycles. The molecule has 6 nitrogen and oxygen atoms in total. The van der Waals surface area contributed by atoms with Gasteiger partial charge in [0.1, 0.15) is 0 Å². The minimum Gasteiger partial charge on any atom is -0.354 e. The van der Waals surface area contributed by atoms with Crippen molar-refractivity contribution in [1.29, 1.82) is 0 Å². The summed E-state index contributed by atoms with van der Waals surface area (Å²) in [6, 6.07) is 16.2. The van der Waals surface area contributed by atoms with Crippen LogP contribution in [0.1, 0.15) is 42.9 Å². The summed E-state index contributed by atoms with van der Waals surface area (Å²) in [7, 11) is 0. The lowest BCUT2D eigenvalue weighted by atomic mass is 10.1. The Hall–Kier alpha value is -2.99. The van der Waals surface area contributed by atoms with Gasteiger partial charge in [-0.3, -0.25) is 19.1 Å². The van der Waals surface area contributed by atoms with Crippen LogP contribution in [0.25, 0.3) is 10.9 Å². The van der Waals surface area contributed by atoms with Gasteiger partial charge in [0.25, 0.3) is 5.56 Å². The molecule has 1 aliphatic heterocycles. The van der Waals surface area contributed by atoms with E-state index in [0.717, 1.165) is 24.2 Å². The molecule has 3 aromatic rings. The standard InChI is InChI=1S/C25H30N4O2/c1-19-9-7-12-21-24(19)27-18-29(25(21)31)16-8-13-23(30)26-17-22(28-14-5-6-15-28)20-10-3-2-4-11-20/h2-4,7,9-12,18,22H,5-6,8,13-17H2,1H3,(H,26,30)/t22-/m1/s1. The molecule has 0 unspecified atom stereocenters. The highest BCUT2D eigenvalue weighted by molar-refractivity contribution is 5.80. The summed E-state index contributed by atoms with van der Waals surface area (Å²) in [5, 5.41) is 3.74. The van der Waals surface area contributed by atoms with Crippen LogP contribution in [-0.4, -0.2) is 40.0 Å². The highest BCUT2D eigenvalue weighted by atomic mass is 16.1. The molecule has 162 valence electrons. The van der Waals surface area contributed by atoms with E-state index in [9.17, 15) is 9.59 Å². The van der Waals surface area contributed by atoms with Crippen molar-refractivity contribution in [3.05, 3.63) is 76.3 Å². The molecule has 1 aliphatic rings. The summed E-state index contributed by atoms with van der Waals surface area (Å²) in [5.41, 5.74) is 2.93. The minimum atomic E-state index is -0.0488. The Bertz CT molecular complexity index is 1090. The second-order valence-electron chi connectivity index (χ2n) is 8.29. The maximum atomic E-state index is 12.7. The number of para-hydroxylation sites is 1. The topological polar surface area (TPSA) is 67.2 Å². The third-order valence-electron chi connectivity index (χ3n) is 6.12. The van der Waals surface area contributed by atoms with Gasteiger partial charge < -0.3 is 5.32 Å². The Morgan fingerprint density at radius 2 is 1.87 bits per heavy atom. The number of nitrogens with zero attached hydrogens (tertiary/aromatic N) is 3. The van der Waals surface area contributed by atoms with E-state index >= 15 is 0 Å². The zero-order chi connectivity index (χ0) is 21.6. The summed E-state index contributed by atoms with van der Waals surface area (Å²) >= 11 is 0. The zero-order valence-corrected chi connectivity index (χ0v) is 18.1. The number of hydrogen-bond donors (Lipinski definition) is 1. The number of likely N-dealkylation sites (tertiary alicyclic amines) is 1. The number of fused-ring (bicyclic) bond motifs is 1.